The van der Waals surface area contributed by atoms with E-state index < -0.39 is 0 Å². The Bertz CT molecular complexity index is 49.1. The van der Waals surface area contributed by atoms with Crippen molar-refractivity contribution < 1.29 is 0 Å². The molecule has 0 aromatic carbocycles. The Balaban J connectivity index is 2.26. The van der Waals surface area contributed by atoms with Crippen LogP contribution in [0.25, 0.3) is 0 Å². The lowest BCUT2D eigenvalue weighted by molar-refractivity contribution is 0.677. The maximum Gasteiger partial charge on any atom is -0.0329 e. The summed E-state index contributed by atoms with van der Waals surface area (Å²) < 4.78 is 0. The fourth-order valence-corrected chi connectivity index (χ4v) is 1.28. The van der Waals surface area contributed by atoms with Crippen LogP contribution >= 0.6 is 0 Å². The summed E-state index contributed by atoms with van der Waals surface area (Å²) >= 11 is 0. The van der Waals surface area contributed by atoms with E-state index in [4.69, 9.17) is 0 Å². The molecule has 0 aliphatic heterocycles. The first-order valence-electron chi connectivity index (χ1n) is 3.14. The van der Waals surface area contributed by atoms with E-state index in [0.29, 0.717) is 0 Å². The first-order chi connectivity index (χ1) is 3.29. The molecule has 0 saturated heterocycles. The van der Waals surface area contributed by atoms with Crippen LogP contribution in [0.3, 0.4) is 0 Å². The van der Waals surface area contributed by atoms with Crippen molar-refractivity contribution >= 4 is 0 Å². The van der Waals surface area contributed by atoms with Crippen molar-refractivity contribution in [3.05, 3.63) is 6.42 Å². The molecule has 7 heavy (non-hydrogen) atoms. The second-order valence-corrected chi connectivity index (χ2v) is 2.72. The molecule has 0 amide bonds. The molecular formula is C7H13. The lowest BCUT2D eigenvalue weighted by atomic mass is 10.1. The van der Waals surface area contributed by atoms with E-state index in [1.54, 1.807) is 0 Å². The van der Waals surface area contributed by atoms with Crippen molar-refractivity contribution in [3.8, 4) is 0 Å². The average Bonchev–Trinajstić information content (AvgIpc) is 1.87. The Morgan fingerprint density at radius 1 is 1.14 bits per heavy atom. The normalized spacial score (nSPS) is 42.0. The van der Waals surface area contributed by atoms with E-state index in [0.717, 1.165) is 11.8 Å². The summed E-state index contributed by atoms with van der Waals surface area (Å²) in [6.07, 6.45) is 5.28. The zero-order valence-electron chi connectivity index (χ0n) is 5.15. The van der Waals surface area contributed by atoms with Crippen LogP contribution in [0.2, 0.25) is 0 Å². The van der Waals surface area contributed by atoms with Gasteiger partial charge < -0.3 is 0 Å². The van der Waals surface area contributed by atoms with Crippen LogP contribution in [-0.2, 0) is 0 Å². The van der Waals surface area contributed by atoms with E-state index in [2.05, 4.69) is 20.3 Å². The lowest BCUT2D eigenvalue weighted by Crippen LogP contribution is -1.86. The van der Waals surface area contributed by atoms with Gasteiger partial charge in [-0.05, 0) is 18.3 Å². The fourth-order valence-electron chi connectivity index (χ4n) is 1.28. The summed E-state index contributed by atoms with van der Waals surface area (Å²) in [6.45, 7) is 4.59. The van der Waals surface area contributed by atoms with Crippen molar-refractivity contribution in [2.24, 2.45) is 11.8 Å². The molecule has 0 heteroatoms. The van der Waals surface area contributed by atoms with E-state index in [-0.39, 0.29) is 0 Å². The maximum absolute atomic E-state index is 2.44. The first kappa shape index (κ1) is 5.14. The first-order valence-corrected chi connectivity index (χ1v) is 3.14. The van der Waals surface area contributed by atoms with Gasteiger partial charge in [0.05, 0.1) is 0 Å². The summed E-state index contributed by atoms with van der Waals surface area (Å²) in [6, 6.07) is 0. The molecule has 0 heterocycles. The largest absolute Gasteiger partial charge is 0.0622 e. The van der Waals surface area contributed by atoms with E-state index in [1.165, 1.54) is 12.8 Å². The number of hydrogen-bond acceptors (Lipinski definition) is 0. The minimum absolute atomic E-state index is 0.898. The molecular weight excluding hydrogens is 84.1 g/mol. The number of rotatable bonds is 0. The second-order valence-electron chi connectivity index (χ2n) is 2.72. The van der Waals surface area contributed by atoms with Gasteiger partial charge in [0.1, 0.15) is 0 Å². The third-order valence-corrected chi connectivity index (χ3v) is 1.73. The van der Waals surface area contributed by atoms with Crippen LogP contribution in [0.5, 0.6) is 0 Å². The Hall–Kier alpha value is 0. The van der Waals surface area contributed by atoms with Gasteiger partial charge in [-0.15, -0.1) is 0 Å². The highest BCUT2D eigenvalue weighted by Gasteiger charge is 2.16. The zero-order chi connectivity index (χ0) is 5.28. The van der Waals surface area contributed by atoms with Gasteiger partial charge in [0.15, 0.2) is 0 Å². The van der Waals surface area contributed by atoms with E-state index in [9.17, 15) is 0 Å². The second kappa shape index (κ2) is 1.85. The summed E-state index contributed by atoms with van der Waals surface area (Å²) in [5.74, 6) is 1.80. The SMILES string of the molecule is C[C@H]1[CH][C@H](C)CC1. The van der Waals surface area contributed by atoms with Gasteiger partial charge in [0.25, 0.3) is 0 Å². The number of hydrogen-bond donors (Lipinski definition) is 0. The quantitative estimate of drug-likeness (QED) is 0.435. The van der Waals surface area contributed by atoms with Crippen molar-refractivity contribution in [2.45, 2.75) is 26.7 Å². The molecule has 1 radical (unpaired) electrons. The molecule has 41 valence electrons. The van der Waals surface area contributed by atoms with Gasteiger partial charge in [-0.25, -0.2) is 0 Å². The summed E-state index contributed by atoms with van der Waals surface area (Å²) in [5.41, 5.74) is 0. The fraction of sp³-hybridized carbons (Fsp3) is 0.857. The molecule has 1 aliphatic rings. The molecule has 0 nitrogen and oxygen atoms in total. The molecule has 1 aliphatic carbocycles. The molecule has 0 bridgehead atoms. The van der Waals surface area contributed by atoms with Gasteiger partial charge in [-0.1, -0.05) is 26.7 Å². The highest BCUT2D eigenvalue weighted by molar-refractivity contribution is 4.85. The Morgan fingerprint density at radius 2 is 1.57 bits per heavy atom. The van der Waals surface area contributed by atoms with Crippen molar-refractivity contribution in [2.75, 3.05) is 0 Å². The lowest BCUT2D eigenvalue weighted by Gasteiger charge is -1.95. The maximum atomic E-state index is 2.44. The van der Waals surface area contributed by atoms with Crippen LogP contribution < -0.4 is 0 Å². The third-order valence-electron chi connectivity index (χ3n) is 1.73. The van der Waals surface area contributed by atoms with Gasteiger partial charge in [0, 0.05) is 0 Å². The standard InChI is InChI=1S/C7H13/c1-6-3-4-7(2)5-6/h5-7H,3-4H2,1-2H3/t6-,7-/m1/s1. The average molecular weight is 97.2 g/mol. The van der Waals surface area contributed by atoms with Crippen LogP contribution in [0.15, 0.2) is 0 Å². The molecule has 0 aromatic rings. The van der Waals surface area contributed by atoms with Crippen molar-refractivity contribution in [1.29, 1.82) is 0 Å². The third kappa shape index (κ3) is 1.19. The van der Waals surface area contributed by atoms with Gasteiger partial charge in [-0.3, -0.25) is 0 Å². The minimum atomic E-state index is 0.898. The van der Waals surface area contributed by atoms with Crippen LogP contribution in [0, 0.1) is 18.3 Å². The molecule has 0 unspecified atom stereocenters. The topological polar surface area (TPSA) is 0 Å². The molecule has 0 N–H and O–H groups in total. The van der Waals surface area contributed by atoms with Gasteiger partial charge >= 0.3 is 0 Å². The van der Waals surface area contributed by atoms with E-state index in [1.807, 2.05) is 0 Å². The van der Waals surface area contributed by atoms with Crippen LogP contribution in [0.4, 0.5) is 0 Å². The predicted molar refractivity (Wildman–Crippen MR) is 31.9 cm³/mol. The molecule has 0 aromatic heterocycles. The summed E-state index contributed by atoms with van der Waals surface area (Å²) in [7, 11) is 0. The molecule has 1 rings (SSSR count). The Kier molecular flexibility index (Phi) is 1.36. The highest BCUT2D eigenvalue weighted by Crippen LogP contribution is 2.27. The predicted octanol–water partition coefficient (Wildman–Crippen LogP) is 2.26. The molecule has 2 atom stereocenters. The van der Waals surface area contributed by atoms with Crippen molar-refractivity contribution in [3.63, 3.8) is 0 Å². The van der Waals surface area contributed by atoms with Crippen LogP contribution in [0.1, 0.15) is 26.7 Å². The highest BCUT2D eigenvalue weighted by atomic mass is 14.2. The monoisotopic (exact) mass is 97.1 g/mol. The molecule has 0 spiro atoms. The molecule has 1 saturated carbocycles. The van der Waals surface area contributed by atoms with E-state index >= 15 is 0 Å². The zero-order valence-corrected chi connectivity index (χ0v) is 5.15. The van der Waals surface area contributed by atoms with Gasteiger partial charge in [0.2, 0.25) is 0 Å². The summed E-state index contributed by atoms with van der Waals surface area (Å²) in [5, 5.41) is 0. The Morgan fingerprint density at radius 3 is 1.71 bits per heavy atom. The van der Waals surface area contributed by atoms with Crippen molar-refractivity contribution in [1.82, 2.24) is 0 Å². The van der Waals surface area contributed by atoms with Gasteiger partial charge in [-0.2, -0.15) is 0 Å². The minimum Gasteiger partial charge on any atom is -0.0622 e. The Labute approximate surface area is 45.9 Å². The van der Waals surface area contributed by atoms with Crippen LogP contribution in [-0.4, -0.2) is 0 Å². The summed E-state index contributed by atoms with van der Waals surface area (Å²) in [4.78, 5) is 0. The molecule has 1 fully saturated rings. The smallest absolute Gasteiger partial charge is 0.0329 e.